The highest BCUT2D eigenvalue weighted by atomic mass is 32.2. The van der Waals surface area contributed by atoms with E-state index in [9.17, 15) is 13.2 Å². The highest BCUT2D eigenvalue weighted by Crippen LogP contribution is 2.17. The molecule has 0 heterocycles. The smallest absolute Gasteiger partial charge is 0.321 e. The number of aryl methyl sites for hydroxylation is 1. The molecular weight excluding hydrogens is 268 g/mol. The maximum Gasteiger partial charge on any atom is 0.321 e. The molecule has 0 radical (unpaired) electrons. The Balaban J connectivity index is 3.21. The van der Waals surface area contributed by atoms with Crippen molar-refractivity contribution >= 4 is 16.0 Å². The van der Waals surface area contributed by atoms with Crippen LogP contribution in [0.1, 0.15) is 24.5 Å². The van der Waals surface area contributed by atoms with Gasteiger partial charge >= 0.3 is 5.97 Å². The van der Waals surface area contributed by atoms with Crippen molar-refractivity contribution in [2.75, 3.05) is 0 Å². The number of sulfonamides is 1. The fraction of sp³-hybridized carbons (Fsp3) is 0.333. The molecule has 1 atom stereocenters. The molecular formula is C12H14N2O4S. The lowest BCUT2D eigenvalue weighted by Crippen LogP contribution is -2.40. The van der Waals surface area contributed by atoms with Crippen LogP contribution in [0.4, 0.5) is 0 Å². The maximum absolute atomic E-state index is 12.1. The van der Waals surface area contributed by atoms with Gasteiger partial charge in [0, 0.05) is 0 Å². The average molecular weight is 282 g/mol. The fourth-order valence-corrected chi connectivity index (χ4v) is 3.06. The molecule has 1 aromatic rings. The standard InChI is InChI=1S/C12H14N2O4S/c1-3-10(12(15)16)14-19(17,18)11-6-9(7-13)5-4-8(11)2/h4-6,10,14H,3H2,1-2H3,(H,15,16)/t10-/m0/s1. The van der Waals surface area contributed by atoms with Gasteiger partial charge in [0.25, 0.3) is 0 Å². The van der Waals surface area contributed by atoms with E-state index in [1.165, 1.54) is 18.2 Å². The van der Waals surface area contributed by atoms with Crippen molar-refractivity contribution in [3.63, 3.8) is 0 Å². The first-order valence-corrected chi connectivity index (χ1v) is 7.06. The Labute approximate surface area is 111 Å². The van der Waals surface area contributed by atoms with Gasteiger partial charge in [-0.1, -0.05) is 13.0 Å². The van der Waals surface area contributed by atoms with Gasteiger partial charge in [0.15, 0.2) is 0 Å². The van der Waals surface area contributed by atoms with Gasteiger partial charge in [-0.05, 0) is 31.0 Å². The molecule has 0 spiro atoms. The summed E-state index contributed by atoms with van der Waals surface area (Å²) in [7, 11) is -3.96. The Morgan fingerprint density at radius 1 is 1.53 bits per heavy atom. The summed E-state index contributed by atoms with van der Waals surface area (Å²) in [4.78, 5) is 10.8. The topological polar surface area (TPSA) is 107 Å². The van der Waals surface area contributed by atoms with Gasteiger partial charge in [-0.3, -0.25) is 4.79 Å². The number of benzene rings is 1. The number of nitrogens with one attached hydrogen (secondary N) is 1. The molecule has 0 fully saturated rings. The van der Waals surface area contributed by atoms with Crippen molar-refractivity contribution in [3.05, 3.63) is 29.3 Å². The SMILES string of the molecule is CC[C@H](NS(=O)(=O)c1cc(C#N)ccc1C)C(=O)O. The van der Waals surface area contributed by atoms with Crippen LogP contribution in [-0.2, 0) is 14.8 Å². The predicted molar refractivity (Wildman–Crippen MR) is 67.9 cm³/mol. The van der Waals surface area contributed by atoms with Crippen LogP contribution < -0.4 is 4.72 Å². The molecule has 0 amide bonds. The third kappa shape index (κ3) is 3.53. The van der Waals surface area contributed by atoms with Crippen LogP contribution in [0.15, 0.2) is 23.1 Å². The molecule has 0 aromatic heterocycles. The Hall–Kier alpha value is -1.91. The van der Waals surface area contributed by atoms with Crippen molar-refractivity contribution in [2.45, 2.75) is 31.2 Å². The summed E-state index contributed by atoms with van der Waals surface area (Å²) in [6.45, 7) is 3.15. The molecule has 0 aliphatic heterocycles. The normalized spacial score (nSPS) is 12.7. The van der Waals surface area contributed by atoms with Crippen LogP contribution in [0.25, 0.3) is 0 Å². The van der Waals surface area contributed by atoms with Crippen molar-refractivity contribution in [1.82, 2.24) is 4.72 Å². The number of hydrogen-bond donors (Lipinski definition) is 2. The lowest BCUT2D eigenvalue weighted by Gasteiger charge is -2.14. The Morgan fingerprint density at radius 2 is 2.16 bits per heavy atom. The molecule has 0 bridgehead atoms. The molecule has 1 rings (SSSR count). The molecule has 2 N–H and O–H groups in total. The predicted octanol–water partition coefficient (Wildman–Crippen LogP) is 1.01. The Morgan fingerprint density at radius 3 is 2.63 bits per heavy atom. The summed E-state index contributed by atoms with van der Waals surface area (Å²) in [6, 6.07) is 4.90. The highest BCUT2D eigenvalue weighted by Gasteiger charge is 2.25. The summed E-state index contributed by atoms with van der Waals surface area (Å²) >= 11 is 0. The summed E-state index contributed by atoms with van der Waals surface area (Å²) in [6.07, 6.45) is 0.131. The lowest BCUT2D eigenvalue weighted by atomic mass is 10.2. The van der Waals surface area contributed by atoms with Crippen LogP contribution >= 0.6 is 0 Å². The minimum absolute atomic E-state index is 0.0775. The molecule has 0 unspecified atom stereocenters. The van der Waals surface area contributed by atoms with E-state index in [4.69, 9.17) is 10.4 Å². The first-order valence-electron chi connectivity index (χ1n) is 5.57. The molecule has 19 heavy (non-hydrogen) atoms. The van der Waals surface area contributed by atoms with E-state index in [-0.39, 0.29) is 16.9 Å². The maximum atomic E-state index is 12.1. The second-order valence-corrected chi connectivity index (χ2v) is 5.69. The molecule has 102 valence electrons. The zero-order valence-corrected chi connectivity index (χ0v) is 11.4. The number of carboxylic acids is 1. The minimum Gasteiger partial charge on any atom is -0.480 e. The molecule has 0 aliphatic carbocycles. The summed E-state index contributed by atoms with van der Waals surface area (Å²) in [5.74, 6) is -1.24. The van der Waals surface area contributed by atoms with E-state index >= 15 is 0 Å². The van der Waals surface area contributed by atoms with E-state index in [1.54, 1.807) is 13.8 Å². The van der Waals surface area contributed by atoms with E-state index in [1.807, 2.05) is 6.07 Å². The Kier molecular flexibility index (Phi) is 4.64. The second kappa shape index (κ2) is 5.82. The van der Waals surface area contributed by atoms with E-state index < -0.39 is 22.0 Å². The number of nitrogens with zero attached hydrogens (tertiary/aromatic N) is 1. The molecule has 0 saturated heterocycles. The van der Waals surface area contributed by atoms with Crippen LogP contribution in [0.5, 0.6) is 0 Å². The van der Waals surface area contributed by atoms with Gasteiger partial charge in [-0.25, -0.2) is 8.42 Å². The van der Waals surface area contributed by atoms with Crippen LogP contribution in [0.2, 0.25) is 0 Å². The number of nitriles is 1. The lowest BCUT2D eigenvalue weighted by molar-refractivity contribution is -0.139. The van der Waals surface area contributed by atoms with Gasteiger partial charge in [0.1, 0.15) is 6.04 Å². The fourth-order valence-electron chi connectivity index (χ4n) is 1.52. The number of rotatable bonds is 5. The first-order chi connectivity index (χ1) is 8.81. The highest BCUT2D eigenvalue weighted by molar-refractivity contribution is 7.89. The first kappa shape index (κ1) is 15.1. The van der Waals surface area contributed by atoms with E-state index in [0.29, 0.717) is 5.56 Å². The van der Waals surface area contributed by atoms with E-state index in [0.717, 1.165) is 0 Å². The van der Waals surface area contributed by atoms with E-state index in [2.05, 4.69) is 4.72 Å². The largest absolute Gasteiger partial charge is 0.480 e. The van der Waals surface area contributed by atoms with Gasteiger partial charge in [-0.2, -0.15) is 9.98 Å². The number of carbonyl (C=O) groups is 1. The van der Waals surface area contributed by atoms with Crippen molar-refractivity contribution in [1.29, 1.82) is 5.26 Å². The van der Waals surface area contributed by atoms with Gasteiger partial charge in [0.2, 0.25) is 10.0 Å². The van der Waals surface area contributed by atoms with Crippen LogP contribution in [0, 0.1) is 18.3 Å². The summed E-state index contributed by atoms with van der Waals surface area (Å²) in [5, 5.41) is 17.6. The van der Waals surface area contributed by atoms with Crippen molar-refractivity contribution in [3.8, 4) is 6.07 Å². The van der Waals surface area contributed by atoms with Gasteiger partial charge < -0.3 is 5.11 Å². The number of aliphatic carboxylic acids is 1. The third-order valence-corrected chi connectivity index (χ3v) is 4.22. The Bertz CT molecular complexity index is 632. The van der Waals surface area contributed by atoms with Gasteiger partial charge in [-0.15, -0.1) is 0 Å². The molecule has 0 saturated carbocycles. The molecule has 6 nitrogen and oxygen atoms in total. The molecule has 0 aliphatic rings. The average Bonchev–Trinajstić information content (AvgIpc) is 2.36. The van der Waals surface area contributed by atoms with Crippen molar-refractivity contribution in [2.24, 2.45) is 0 Å². The van der Waals surface area contributed by atoms with Crippen LogP contribution in [0.3, 0.4) is 0 Å². The second-order valence-electron chi connectivity index (χ2n) is 4.01. The van der Waals surface area contributed by atoms with Crippen LogP contribution in [-0.4, -0.2) is 25.5 Å². The number of hydrogen-bond acceptors (Lipinski definition) is 4. The van der Waals surface area contributed by atoms with Crippen molar-refractivity contribution < 1.29 is 18.3 Å². The quantitative estimate of drug-likeness (QED) is 0.838. The monoisotopic (exact) mass is 282 g/mol. The number of carboxylic acid groups (broad SMARTS) is 1. The van der Waals surface area contributed by atoms with Gasteiger partial charge in [0.05, 0.1) is 16.5 Å². The molecule has 7 heteroatoms. The minimum atomic E-state index is -3.96. The third-order valence-electron chi connectivity index (χ3n) is 2.61. The zero-order valence-electron chi connectivity index (χ0n) is 10.5. The zero-order chi connectivity index (χ0) is 14.6. The molecule has 1 aromatic carbocycles. The summed E-state index contributed by atoms with van der Waals surface area (Å²) < 4.78 is 26.3. The summed E-state index contributed by atoms with van der Waals surface area (Å²) in [5.41, 5.74) is 0.654.